The summed E-state index contributed by atoms with van der Waals surface area (Å²) in [6.07, 6.45) is -0.664. The Bertz CT molecular complexity index is 929. The molecule has 1 aliphatic rings. The molecule has 8 nitrogen and oxygen atoms in total. The van der Waals surface area contributed by atoms with Gasteiger partial charge >= 0.3 is 12.1 Å². The van der Waals surface area contributed by atoms with Crippen molar-refractivity contribution in [2.75, 3.05) is 26.4 Å². The van der Waals surface area contributed by atoms with Crippen LogP contribution in [0.15, 0.2) is 48.5 Å². The third-order valence-electron chi connectivity index (χ3n) is 5.34. The van der Waals surface area contributed by atoms with Crippen LogP contribution in [0.25, 0.3) is 11.1 Å². The van der Waals surface area contributed by atoms with E-state index in [0.717, 1.165) is 22.3 Å². The fourth-order valence-electron chi connectivity index (χ4n) is 3.82. The zero-order valence-corrected chi connectivity index (χ0v) is 18.2. The smallest absolute Gasteiger partial charge is 0.407 e. The molecule has 0 aliphatic heterocycles. The Labute approximate surface area is 186 Å². The maximum atomic E-state index is 12.5. The number of carbonyl (C=O) groups is 3. The largest absolute Gasteiger partial charge is 0.480 e. The van der Waals surface area contributed by atoms with E-state index in [1.807, 2.05) is 50.2 Å². The van der Waals surface area contributed by atoms with Crippen molar-refractivity contribution in [1.82, 2.24) is 10.6 Å². The number of amides is 2. The van der Waals surface area contributed by atoms with Gasteiger partial charge in [-0.05, 0) is 28.2 Å². The van der Waals surface area contributed by atoms with Crippen molar-refractivity contribution in [3.63, 3.8) is 0 Å². The highest BCUT2D eigenvalue weighted by Gasteiger charge is 2.30. The Hall–Kier alpha value is -3.39. The van der Waals surface area contributed by atoms with Crippen LogP contribution in [0, 0.1) is 5.92 Å². The Morgan fingerprint density at radius 2 is 1.59 bits per heavy atom. The second kappa shape index (κ2) is 10.8. The molecule has 8 heteroatoms. The van der Waals surface area contributed by atoms with Gasteiger partial charge in [0.15, 0.2) is 0 Å². The standard InChI is InChI=1S/C24H28N2O6/c1-15(2)22(23(29)25-11-12-31-14-21(27)28)26-24(30)32-13-20-18-9-5-3-7-16(18)17-8-4-6-10-19(17)20/h3-10,15,20,22H,11-14H2,1-2H3,(H,25,29)(H,26,30)(H,27,28). The molecule has 1 aliphatic carbocycles. The summed E-state index contributed by atoms with van der Waals surface area (Å²) < 4.78 is 10.4. The second-order valence-corrected chi connectivity index (χ2v) is 7.93. The molecule has 170 valence electrons. The van der Waals surface area contributed by atoms with Gasteiger partial charge < -0.3 is 25.2 Å². The normalized spacial score (nSPS) is 13.2. The van der Waals surface area contributed by atoms with Gasteiger partial charge in [-0.2, -0.15) is 0 Å². The van der Waals surface area contributed by atoms with E-state index in [1.54, 1.807) is 0 Å². The van der Waals surface area contributed by atoms with Gasteiger partial charge in [0.2, 0.25) is 5.91 Å². The van der Waals surface area contributed by atoms with Crippen LogP contribution in [0.3, 0.4) is 0 Å². The third-order valence-corrected chi connectivity index (χ3v) is 5.34. The molecule has 32 heavy (non-hydrogen) atoms. The molecule has 0 radical (unpaired) electrons. The lowest BCUT2D eigenvalue weighted by Crippen LogP contribution is -2.50. The van der Waals surface area contributed by atoms with Crippen LogP contribution in [-0.2, 0) is 19.1 Å². The van der Waals surface area contributed by atoms with Crippen LogP contribution in [0.5, 0.6) is 0 Å². The summed E-state index contributed by atoms with van der Waals surface area (Å²) in [7, 11) is 0. The number of nitrogens with one attached hydrogen (secondary N) is 2. The first-order valence-electron chi connectivity index (χ1n) is 10.6. The molecule has 2 amide bonds. The first kappa shape index (κ1) is 23.3. The number of rotatable bonds is 10. The molecule has 0 heterocycles. The Morgan fingerprint density at radius 1 is 1.00 bits per heavy atom. The Balaban J connectivity index is 1.55. The van der Waals surface area contributed by atoms with Crippen molar-refractivity contribution in [2.45, 2.75) is 25.8 Å². The quantitative estimate of drug-likeness (QED) is 0.490. The molecular formula is C24H28N2O6. The number of benzene rings is 2. The van der Waals surface area contributed by atoms with Crippen molar-refractivity contribution in [1.29, 1.82) is 0 Å². The predicted molar refractivity (Wildman–Crippen MR) is 118 cm³/mol. The van der Waals surface area contributed by atoms with E-state index in [9.17, 15) is 14.4 Å². The highest BCUT2D eigenvalue weighted by molar-refractivity contribution is 5.86. The fraction of sp³-hybridized carbons (Fsp3) is 0.375. The number of ether oxygens (including phenoxy) is 2. The predicted octanol–water partition coefficient (Wildman–Crippen LogP) is 2.77. The number of aliphatic carboxylic acids is 1. The number of carboxylic acids is 1. The summed E-state index contributed by atoms with van der Waals surface area (Å²) in [4.78, 5) is 35.4. The van der Waals surface area contributed by atoms with Crippen LogP contribution >= 0.6 is 0 Å². The molecule has 0 saturated carbocycles. The SMILES string of the molecule is CC(C)C(NC(=O)OCC1c2ccccc2-c2ccccc21)C(=O)NCCOCC(=O)O. The number of carbonyl (C=O) groups excluding carboxylic acids is 2. The van der Waals surface area contributed by atoms with Crippen LogP contribution in [0.2, 0.25) is 0 Å². The van der Waals surface area contributed by atoms with Crippen molar-refractivity contribution in [2.24, 2.45) is 5.92 Å². The summed E-state index contributed by atoms with van der Waals surface area (Å²) in [5.74, 6) is -1.69. The van der Waals surface area contributed by atoms with Crippen molar-refractivity contribution < 1.29 is 29.0 Å². The summed E-state index contributed by atoms with van der Waals surface area (Å²) in [6.45, 7) is 3.57. The van der Waals surface area contributed by atoms with Gasteiger partial charge in [0.05, 0.1) is 6.61 Å². The minimum atomic E-state index is -1.08. The molecule has 0 fully saturated rings. The zero-order valence-electron chi connectivity index (χ0n) is 18.2. The van der Waals surface area contributed by atoms with Gasteiger partial charge in [0.1, 0.15) is 19.3 Å². The molecule has 0 aromatic heterocycles. The van der Waals surface area contributed by atoms with Gasteiger partial charge in [-0.25, -0.2) is 9.59 Å². The van der Waals surface area contributed by atoms with Gasteiger partial charge in [0, 0.05) is 12.5 Å². The maximum absolute atomic E-state index is 12.5. The number of alkyl carbamates (subject to hydrolysis) is 1. The van der Waals surface area contributed by atoms with Crippen LogP contribution in [-0.4, -0.2) is 55.5 Å². The first-order chi connectivity index (χ1) is 15.4. The minimum Gasteiger partial charge on any atom is -0.480 e. The van der Waals surface area contributed by atoms with Crippen molar-refractivity contribution in [3.05, 3.63) is 59.7 Å². The number of hydrogen-bond acceptors (Lipinski definition) is 5. The van der Waals surface area contributed by atoms with E-state index in [0.29, 0.717) is 0 Å². The van der Waals surface area contributed by atoms with Crippen molar-refractivity contribution in [3.8, 4) is 11.1 Å². The van der Waals surface area contributed by atoms with Crippen LogP contribution < -0.4 is 10.6 Å². The Kier molecular flexibility index (Phi) is 7.83. The number of hydrogen-bond donors (Lipinski definition) is 3. The van der Waals surface area contributed by atoms with Crippen molar-refractivity contribution >= 4 is 18.0 Å². The average Bonchev–Trinajstić information content (AvgIpc) is 3.09. The molecule has 0 saturated heterocycles. The molecule has 3 N–H and O–H groups in total. The highest BCUT2D eigenvalue weighted by Crippen LogP contribution is 2.44. The lowest BCUT2D eigenvalue weighted by atomic mass is 9.98. The molecule has 0 spiro atoms. The van der Waals surface area contributed by atoms with Gasteiger partial charge in [-0.1, -0.05) is 62.4 Å². The van der Waals surface area contributed by atoms with Crippen LogP contribution in [0.4, 0.5) is 4.79 Å². The lowest BCUT2D eigenvalue weighted by Gasteiger charge is -2.22. The van der Waals surface area contributed by atoms with E-state index in [1.165, 1.54) is 0 Å². The van der Waals surface area contributed by atoms with Gasteiger partial charge in [-0.15, -0.1) is 0 Å². The first-order valence-corrected chi connectivity index (χ1v) is 10.6. The molecule has 0 bridgehead atoms. The summed E-state index contributed by atoms with van der Waals surface area (Å²) in [5, 5.41) is 13.8. The zero-order chi connectivity index (χ0) is 23.1. The fourth-order valence-corrected chi connectivity index (χ4v) is 3.82. The molecule has 3 rings (SSSR count). The van der Waals surface area contributed by atoms with Gasteiger partial charge in [0.25, 0.3) is 0 Å². The molecular weight excluding hydrogens is 412 g/mol. The lowest BCUT2D eigenvalue weighted by molar-refractivity contribution is -0.142. The third kappa shape index (κ3) is 5.64. The van der Waals surface area contributed by atoms with E-state index in [2.05, 4.69) is 22.8 Å². The van der Waals surface area contributed by atoms with E-state index in [4.69, 9.17) is 14.6 Å². The van der Waals surface area contributed by atoms with Crippen LogP contribution in [0.1, 0.15) is 30.9 Å². The molecule has 2 aromatic rings. The molecule has 1 atom stereocenters. The minimum absolute atomic E-state index is 0.0633. The maximum Gasteiger partial charge on any atom is 0.407 e. The summed E-state index contributed by atoms with van der Waals surface area (Å²) in [5.41, 5.74) is 4.50. The topological polar surface area (TPSA) is 114 Å². The number of fused-ring (bicyclic) bond motifs is 3. The van der Waals surface area contributed by atoms with E-state index in [-0.39, 0.29) is 37.5 Å². The monoisotopic (exact) mass is 440 g/mol. The summed E-state index contributed by atoms with van der Waals surface area (Å²) in [6, 6.07) is 15.3. The molecule has 1 unspecified atom stereocenters. The molecule has 2 aromatic carbocycles. The highest BCUT2D eigenvalue weighted by atomic mass is 16.5. The van der Waals surface area contributed by atoms with Gasteiger partial charge in [-0.3, -0.25) is 4.79 Å². The Morgan fingerprint density at radius 3 is 2.16 bits per heavy atom. The summed E-state index contributed by atoms with van der Waals surface area (Å²) >= 11 is 0. The second-order valence-electron chi connectivity index (χ2n) is 7.93. The van der Waals surface area contributed by atoms with E-state index >= 15 is 0 Å². The van der Waals surface area contributed by atoms with E-state index < -0.39 is 24.7 Å². The number of carboxylic acid groups (broad SMARTS) is 1. The average molecular weight is 440 g/mol.